The van der Waals surface area contributed by atoms with E-state index in [0.717, 1.165) is 31.8 Å². The van der Waals surface area contributed by atoms with E-state index in [1.54, 1.807) is 0 Å². The van der Waals surface area contributed by atoms with E-state index in [1.165, 1.54) is 11.1 Å². The Balaban J connectivity index is 1.63. The fourth-order valence-corrected chi connectivity index (χ4v) is 3.52. The van der Waals surface area contributed by atoms with E-state index < -0.39 is 0 Å². The van der Waals surface area contributed by atoms with Crippen molar-refractivity contribution in [3.63, 3.8) is 0 Å². The third-order valence-corrected chi connectivity index (χ3v) is 4.23. The molecule has 21 heavy (non-hydrogen) atoms. The average Bonchev–Trinajstić information content (AvgIpc) is 2.77. The van der Waals surface area contributed by atoms with E-state index in [0.29, 0.717) is 6.54 Å². The van der Waals surface area contributed by atoms with Gasteiger partial charge in [-0.05, 0) is 32.4 Å². The van der Waals surface area contributed by atoms with Crippen molar-refractivity contribution in [1.82, 2.24) is 4.90 Å². The van der Waals surface area contributed by atoms with Crippen LogP contribution in [0.5, 0.6) is 5.75 Å². The van der Waals surface area contributed by atoms with Gasteiger partial charge in [-0.25, -0.2) is 0 Å². The lowest BCUT2D eigenvalue weighted by molar-refractivity contribution is -0.135. The van der Waals surface area contributed by atoms with Crippen LogP contribution in [0.15, 0.2) is 18.2 Å². The first-order valence-electron chi connectivity index (χ1n) is 7.81. The molecule has 4 heteroatoms. The van der Waals surface area contributed by atoms with Crippen LogP contribution in [0.2, 0.25) is 0 Å². The molecule has 0 bridgehead atoms. The number of aryl methyl sites for hydroxylation is 1. The number of nitrogens with two attached hydrogens (primary N) is 1. The Labute approximate surface area is 127 Å². The van der Waals surface area contributed by atoms with Crippen molar-refractivity contribution in [1.29, 1.82) is 0 Å². The molecular weight excluding hydrogens is 264 g/mol. The van der Waals surface area contributed by atoms with E-state index in [1.807, 2.05) is 0 Å². The summed E-state index contributed by atoms with van der Waals surface area (Å²) >= 11 is 0. The quantitative estimate of drug-likeness (QED) is 0.921. The number of morpholine rings is 1. The van der Waals surface area contributed by atoms with Gasteiger partial charge in [-0.3, -0.25) is 4.90 Å². The van der Waals surface area contributed by atoms with Gasteiger partial charge in [0.15, 0.2) is 0 Å². The van der Waals surface area contributed by atoms with Gasteiger partial charge in [0.25, 0.3) is 0 Å². The predicted molar refractivity (Wildman–Crippen MR) is 83.7 cm³/mol. The van der Waals surface area contributed by atoms with Gasteiger partial charge in [0, 0.05) is 32.6 Å². The highest BCUT2D eigenvalue weighted by atomic mass is 16.5. The summed E-state index contributed by atoms with van der Waals surface area (Å²) in [7, 11) is 0. The first-order chi connectivity index (χ1) is 9.95. The second kappa shape index (κ2) is 5.59. The first kappa shape index (κ1) is 14.8. The Morgan fingerprint density at radius 3 is 2.90 bits per heavy atom. The summed E-state index contributed by atoms with van der Waals surface area (Å²) in [6, 6.07) is 6.45. The standard InChI is InChI=1S/C17H26N2O2/c1-12-4-5-16-13(6-12)7-14(20-16)9-19-10-15(8-18)21-17(2,3)11-19/h4-6,14-15H,7-11,18H2,1-3H3. The highest BCUT2D eigenvalue weighted by Gasteiger charge is 2.35. The molecule has 2 heterocycles. The molecule has 3 rings (SSSR count). The van der Waals surface area contributed by atoms with Crippen LogP contribution in [-0.4, -0.2) is 48.9 Å². The van der Waals surface area contributed by atoms with Gasteiger partial charge in [-0.15, -0.1) is 0 Å². The maximum atomic E-state index is 6.09. The van der Waals surface area contributed by atoms with E-state index >= 15 is 0 Å². The lowest BCUT2D eigenvalue weighted by atomic mass is 10.0. The zero-order chi connectivity index (χ0) is 15.0. The van der Waals surface area contributed by atoms with E-state index in [-0.39, 0.29) is 17.8 Å². The van der Waals surface area contributed by atoms with E-state index in [9.17, 15) is 0 Å². The molecule has 0 spiro atoms. The van der Waals surface area contributed by atoms with Crippen molar-refractivity contribution in [3.8, 4) is 5.75 Å². The molecule has 0 radical (unpaired) electrons. The molecule has 116 valence electrons. The Bertz CT molecular complexity index is 516. The number of benzene rings is 1. The number of hydrogen-bond donors (Lipinski definition) is 1. The molecule has 2 aliphatic heterocycles. The lowest BCUT2D eigenvalue weighted by Gasteiger charge is -2.43. The Kier molecular flexibility index (Phi) is 3.95. The van der Waals surface area contributed by atoms with Gasteiger partial charge >= 0.3 is 0 Å². The minimum Gasteiger partial charge on any atom is -0.488 e. The Morgan fingerprint density at radius 1 is 1.33 bits per heavy atom. The topological polar surface area (TPSA) is 47.7 Å². The highest BCUT2D eigenvalue weighted by molar-refractivity contribution is 5.40. The highest BCUT2D eigenvalue weighted by Crippen LogP contribution is 2.30. The maximum absolute atomic E-state index is 6.09. The second-order valence-corrected chi connectivity index (χ2v) is 6.98. The normalized spacial score (nSPS) is 28.2. The fourth-order valence-electron chi connectivity index (χ4n) is 3.52. The zero-order valence-electron chi connectivity index (χ0n) is 13.3. The zero-order valence-corrected chi connectivity index (χ0v) is 13.3. The number of fused-ring (bicyclic) bond motifs is 1. The molecule has 1 aromatic carbocycles. The molecule has 1 aromatic rings. The van der Waals surface area contributed by atoms with E-state index in [2.05, 4.69) is 43.9 Å². The summed E-state index contributed by atoms with van der Waals surface area (Å²) in [4.78, 5) is 2.43. The molecule has 0 amide bonds. The summed E-state index contributed by atoms with van der Waals surface area (Å²) in [5.41, 5.74) is 8.30. The Morgan fingerprint density at radius 2 is 2.14 bits per heavy atom. The monoisotopic (exact) mass is 290 g/mol. The van der Waals surface area contributed by atoms with E-state index in [4.69, 9.17) is 15.2 Å². The van der Waals surface area contributed by atoms with Crippen LogP contribution >= 0.6 is 0 Å². The first-order valence-corrected chi connectivity index (χ1v) is 7.81. The SMILES string of the molecule is Cc1ccc2c(c1)CC(CN1CC(CN)OC(C)(C)C1)O2. The van der Waals surface area contributed by atoms with Crippen LogP contribution in [0.4, 0.5) is 0 Å². The van der Waals surface area contributed by atoms with Crippen LogP contribution in [0, 0.1) is 6.92 Å². The van der Waals surface area contributed by atoms with Gasteiger partial charge in [-0.2, -0.15) is 0 Å². The maximum Gasteiger partial charge on any atom is 0.123 e. The molecule has 2 N–H and O–H groups in total. The van der Waals surface area contributed by atoms with Crippen LogP contribution in [0.3, 0.4) is 0 Å². The minimum atomic E-state index is -0.135. The number of hydrogen-bond acceptors (Lipinski definition) is 4. The van der Waals surface area contributed by atoms with Crippen molar-refractivity contribution in [2.45, 2.75) is 45.0 Å². The molecule has 0 aromatic heterocycles. The molecule has 1 fully saturated rings. The van der Waals surface area contributed by atoms with Gasteiger partial charge < -0.3 is 15.2 Å². The number of ether oxygens (including phenoxy) is 2. The summed E-state index contributed by atoms with van der Waals surface area (Å²) in [6.45, 7) is 9.74. The lowest BCUT2D eigenvalue weighted by Crippen LogP contribution is -2.56. The summed E-state index contributed by atoms with van der Waals surface area (Å²) in [5, 5.41) is 0. The van der Waals surface area contributed by atoms with Crippen molar-refractivity contribution in [2.24, 2.45) is 5.73 Å². The third kappa shape index (κ3) is 3.39. The van der Waals surface area contributed by atoms with Gasteiger partial charge in [-0.1, -0.05) is 17.7 Å². The largest absolute Gasteiger partial charge is 0.488 e. The molecule has 1 saturated heterocycles. The van der Waals surface area contributed by atoms with Crippen molar-refractivity contribution in [3.05, 3.63) is 29.3 Å². The summed E-state index contributed by atoms with van der Waals surface area (Å²) in [5.74, 6) is 1.05. The van der Waals surface area contributed by atoms with Crippen molar-refractivity contribution >= 4 is 0 Å². The number of rotatable bonds is 3. The summed E-state index contributed by atoms with van der Waals surface area (Å²) in [6.07, 6.45) is 1.37. The minimum absolute atomic E-state index is 0.125. The summed E-state index contributed by atoms with van der Waals surface area (Å²) < 4.78 is 12.1. The third-order valence-electron chi connectivity index (χ3n) is 4.23. The van der Waals surface area contributed by atoms with Crippen LogP contribution < -0.4 is 10.5 Å². The van der Waals surface area contributed by atoms with Crippen molar-refractivity contribution in [2.75, 3.05) is 26.2 Å². The van der Waals surface area contributed by atoms with Crippen molar-refractivity contribution < 1.29 is 9.47 Å². The second-order valence-electron chi connectivity index (χ2n) is 6.98. The van der Waals surface area contributed by atoms with Gasteiger partial charge in [0.1, 0.15) is 11.9 Å². The molecule has 0 saturated carbocycles. The van der Waals surface area contributed by atoms with Crippen LogP contribution in [0.1, 0.15) is 25.0 Å². The van der Waals surface area contributed by atoms with Gasteiger partial charge in [0.2, 0.25) is 0 Å². The smallest absolute Gasteiger partial charge is 0.123 e. The molecule has 0 aliphatic carbocycles. The average molecular weight is 290 g/mol. The molecular formula is C17H26N2O2. The van der Waals surface area contributed by atoms with Crippen LogP contribution in [-0.2, 0) is 11.2 Å². The predicted octanol–water partition coefficient (Wildman–Crippen LogP) is 1.74. The molecule has 2 aliphatic rings. The molecule has 4 nitrogen and oxygen atoms in total. The molecule has 2 atom stereocenters. The molecule has 2 unspecified atom stereocenters. The Hall–Kier alpha value is -1.10. The fraction of sp³-hybridized carbons (Fsp3) is 0.647. The van der Waals surface area contributed by atoms with Crippen LogP contribution in [0.25, 0.3) is 0 Å². The van der Waals surface area contributed by atoms with Gasteiger partial charge in [0.05, 0.1) is 11.7 Å². The number of nitrogens with zero attached hydrogens (tertiary/aromatic N) is 1.